The number of nitrogens with one attached hydrogen (secondary N) is 1. The number of hydrogen-bond donors (Lipinski definition) is 1. The molecule has 5 nitrogen and oxygen atoms in total. The minimum atomic E-state index is -0.804. The van der Waals surface area contributed by atoms with Gasteiger partial charge >= 0.3 is 0 Å². The summed E-state index contributed by atoms with van der Waals surface area (Å²) in [4.78, 5) is 30.5. The van der Waals surface area contributed by atoms with Gasteiger partial charge in [-0.15, -0.1) is 0 Å². The number of carbonyl (C=O) groups excluding carboxylic acids is 2. The maximum Gasteiger partial charge on any atom is 0.249 e. The SMILES string of the molecule is CCC1(C)NC(=O)C(C)N(Cc2ccc(C)nc2)C1=O. The molecule has 1 N–H and O–H groups in total. The van der Waals surface area contributed by atoms with Gasteiger partial charge in [-0.05, 0) is 38.8 Å². The molecule has 1 fully saturated rings. The van der Waals surface area contributed by atoms with Crippen molar-refractivity contribution >= 4 is 11.8 Å². The number of carbonyl (C=O) groups is 2. The van der Waals surface area contributed by atoms with E-state index < -0.39 is 11.6 Å². The van der Waals surface area contributed by atoms with Gasteiger partial charge in [-0.1, -0.05) is 13.0 Å². The minimum absolute atomic E-state index is 0.0346. The molecule has 1 aromatic rings. The van der Waals surface area contributed by atoms with Crippen molar-refractivity contribution in [3.8, 4) is 0 Å². The third kappa shape index (κ3) is 2.53. The molecule has 20 heavy (non-hydrogen) atoms. The monoisotopic (exact) mass is 275 g/mol. The van der Waals surface area contributed by atoms with Gasteiger partial charge in [0.15, 0.2) is 0 Å². The molecular weight excluding hydrogens is 254 g/mol. The fourth-order valence-corrected chi connectivity index (χ4v) is 2.30. The second-order valence-electron chi connectivity index (χ2n) is 5.59. The van der Waals surface area contributed by atoms with Crippen molar-refractivity contribution in [2.24, 2.45) is 0 Å². The highest BCUT2D eigenvalue weighted by molar-refractivity contribution is 5.99. The number of aryl methyl sites for hydroxylation is 1. The lowest BCUT2D eigenvalue weighted by Crippen LogP contribution is -2.68. The van der Waals surface area contributed by atoms with E-state index in [-0.39, 0.29) is 11.8 Å². The molecule has 2 unspecified atom stereocenters. The third-order valence-electron chi connectivity index (χ3n) is 4.01. The topological polar surface area (TPSA) is 62.3 Å². The largest absolute Gasteiger partial charge is 0.340 e. The van der Waals surface area contributed by atoms with Crippen LogP contribution in [0.25, 0.3) is 0 Å². The van der Waals surface area contributed by atoms with Crippen molar-refractivity contribution in [1.82, 2.24) is 15.2 Å². The Labute approximate surface area is 119 Å². The van der Waals surface area contributed by atoms with E-state index in [0.29, 0.717) is 13.0 Å². The van der Waals surface area contributed by atoms with E-state index in [4.69, 9.17) is 0 Å². The quantitative estimate of drug-likeness (QED) is 0.907. The summed E-state index contributed by atoms with van der Waals surface area (Å²) in [5, 5.41) is 2.82. The van der Waals surface area contributed by atoms with Crippen molar-refractivity contribution in [3.05, 3.63) is 29.6 Å². The van der Waals surface area contributed by atoms with Crippen molar-refractivity contribution < 1.29 is 9.59 Å². The van der Waals surface area contributed by atoms with Gasteiger partial charge in [0.25, 0.3) is 0 Å². The summed E-state index contributed by atoms with van der Waals surface area (Å²) in [5.41, 5.74) is 1.06. The van der Waals surface area contributed by atoms with E-state index in [1.807, 2.05) is 26.0 Å². The van der Waals surface area contributed by atoms with Gasteiger partial charge in [0.1, 0.15) is 11.6 Å². The summed E-state index contributed by atoms with van der Waals surface area (Å²) < 4.78 is 0. The maximum atomic E-state index is 12.6. The zero-order chi connectivity index (χ0) is 14.9. The third-order valence-corrected chi connectivity index (χ3v) is 4.01. The number of nitrogens with zero attached hydrogens (tertiary/aromatic N) is 2. The standard InChI is InChI=1S/C15H21N3O2/c1-5-15(4)14(20)18(11(3)13(19)17-15)9-12-7-6-10(2)16-8-12/h6-8,11H,5,9H2,1-4H3,(H,17,19). The van der Waals surface area contributed by atoms with Crippen molar-refractivity contribution in [3.63, 3.8) is 0 Å². The number of aromatic nitrogens is 1. The first kappa shape index (κ1) is 14.5. The predicted molar refractivity (Wildman–Crippen MR) is 75.8 cm³/mol. The number of hydrogen-bond acceptors (Lipinski definition) is 3. The smallest absolute Gasteiger partial charge is 0.249 e. The summed E-state index contributed by atoms with van der Waals surface area (Å²) in [6.07, 6.45) is 2.33. The molecule has 0 bridgehead atoms. The first-order chi connectivity index (χ1) is 9.37. The molecule has 0 aromatic carbocycles. The molecule has 2 amide bonds. The van der Waals surface area contributed by atoms with Crippen molar-refractivity contribution in [1.29, 1.82) is 0 Å². The van der Waals surface area contributed by atoms with Crippen LogP contribution >= 0.6 is 0 Å². The zero-order valence-corrected chi connectivity index (χ0v) is 12.4. The summed E-state index contributed by atoms with van der Waals surface area (Å²) in [6, 6.07) is 3.40. The van der Waals surface area contributed by atoms with Gasteiger partial charge in [-0.3, -0.25) is 14.6 Å². The Balaban J connectivity index is 2.25. The highest BCUT2D eigenvalue weighted by Crippen LogP contribution is 2.23. The normalized spacial score (nSPS) is 26.6. The van der Waals surface area contributed by atoms with Crippen LogP contribution in [0.2, 0.25) is 0 Å². The highest BCUT2D eigenvalue weighted by atomic mass is 16.2. The number of pyridine rings is 1. The van der Waals surface area contributed by atoms with E-state index in [0.717, 1.165) is 11.3 Å². The number of piperazine rings is 1. The average molecular weight is 275 g/mol. The van der Waals surface area contributed by atoms with Crippen molar-refractivity contribution in [2.75, 3.05) is 0 Å². The zero-order valence-electron chi connectivity index (χ0n) is 12.4. The van der Waals surface area contributed by atoms with E-state index in [1.165, 1.54) is 0 Å². The summed E-state index contributed by atoms with van der Waals surface area (Å²) >= 11 is 0. The van der Waals surface area contributed by atoms with Crippen molar-refractivity contribution in [2.45, 2.75) is 52.2 Å². The van der Waals surface area contributed by atoms with Crippen LogP contribution in [0.1, 0.15) is 38.4 Å². The molecule has 1 saturated heterocycles. The fourth-order valence-electron chi connectivity index (χ4n) is 2.30. The Morgan fingerprint density at radius 1 is 1.40 bits per heavy atom. The van der Waals surface area contributed by atoms with Gasteiger partial charge in [-0.2, -0.15) is 0 Å². The van der Waals surface area contributed by atoms with Crippen LogP contribution in [0.15, 0.2) is 18.3 Å². The van der Waals surface area contributed by atoms with Crippen LogP contribution < -0.4 is 5.32 Å². The molecule has 1 aliphatic heterocycles. The molecule has 2 atom stereocenters. The first-order valence-corrected chi connectivity index (χ1v) is 6.92. The molecule has 0 radical (unpaired) electrons. The molecule has 2 heterocycles. The lowest BCUT2D eigenvalue weighted by molar-refractivity contribution is -0.154. The van der Waals surface area contributed by atoms with Crippen LogP contribution in [0, 0.1) is 6.92 Å². The van der Waals surface area contributed by atoms with E-state index in [1.54, 1.807) is 24.9 Å². The first-order valence-electron chi connectivity index (χ1n) is 6.92. The van der Waals surface area contributed by atoms with Crippen LogP contribution in [0.5, 0.6) is 0 Å². The van der Waals surface area contributed by atoms with E-state index in [9.17, 15) is 9.59 Å². The second kappa shape index (κ2) is 5.23. The summed E-state index contributed by atoms with van der Waals surface area (Å²) in [7, 11) is 0. The van der Waals surface area contributed by atoms with Gasteiger partial charge in [0.05, 0.1) is 0 Å². The Morgan fingerprint density at radius 2 is 2.10 bits per heavy atom. The van der Waals surface area contributed by atoms with E-state index >= 15 is 0 Å². The molecule has 0 spiro atoms. The molecule has 1 aliphatic rings. The molecule has 0 saturated carbocycles. The molecular formula is C15H21N3O2. The number of amides is 2. The Hall–Kier alpha value is -1.91. The predicted octanol–water partition coefficient (Wildman–Crippen LogP) is 1.41. The maximum absolute atomic E-state index is 12.6. The average Bonchev–Trinajstić information content (AvgIpc) is 2.43. The fraction of sp³-hybridized carbons (Fsp3) is 0.533. The van der Waals surface area contributed by atoms with Gasteiger partial charge in [-0.25, -0.2) is 0 Å². The van der Waals surface area contributed by atoms with Gasteiger partial charge < -0.3 is 10.2 Å². The molecule has 0 aliphatic carbocycles. The highest BCUT2D eigenvalue weighted by Gasteiger charge is 2.45. The summed E-state index contributed by atoms with van der Waals surface area (Å²) in [5.74, 6) is -0.137. The van der Waals surface area contributed by atoms with Gasteiger partial charge in [0.2, 0.25) is 11.8 Å². The second-order valence-corrected chi connectivity index (χ2v) is 5.59. The Kier molecular flexibility index (Phi) is 3.79. The van der Waals surface area contributed by atoms with Crippen LogP contribution in [-0.4, -0.2) is 33.3 Å². The van der Waals surface area contributed by atoms with Crippen LogP contribution in [-0.2, 0) is 16.1 Å². The minimum Gasteiger partial charge on any atom is -0.340 e. The van der Waals surface area contributed by atoms with E-state index in [2.05, 4.69) is 10.3 Å². The number of rotatable bonds is 3. The lowest BCUT2D eigenvalue weighted by Gasteiger charge is -2.43. The van der Waals surface area contributed by atoms with Gasteiger partial charge in [0, 0.05) is 18.4 Å². The van der Waals surface area contributed by atoms with Crippen LogP contribution in [0.3, 0.4) is 0 Å². The molecule has 5 heteroatoms. The molecule has 1 aromatic heterocycles. The summed E-state index contributed by atoms with van der Waals surface area (Å²) in [6.45, 7) is 7.76. The Morgan fingerprint density at radius 3 is 2.65 bits per heavy atom. The lowest BCUT2D eigenvalue weighted by atomic mass is 9.92. The molecule has 2 rings (SSSR count). The Bertz CT molecular complexity index is 526. The van der Waals surface area contributed by atoms with Crippen LogP contribution in [0.4, 0.5) is 0 Å². The molecule has 108 valence electrons.